The molecule has 0 bridgehead atoms. The molecule has 0 saturated carbocycles. The number of nitrogens with one attached hydrogen (secondary N) is 1. The molecule has 0 radical (unpaired) electrons. The number of non-ortho nitro benzene ring substituents is 1. The van der Waals surface area contributed by atoms with Gasteiger partial charge in [-0.25, -0.2) is 0 Å². The average Bonchev–Trinajstić information content (AvgIpc) is 3.16. The number of nitro benzene ring substituents is 1. The van der Waals surface area contributed by atoms with Gasteiger partial charge in [-0.3, -0.25) is 14.9 Å². The van der Waals surface area contributed by atoms with E-state index in [1.54, 1.807) is 37.4 Å². The van der Waals surface area contributed by atoms with E-state index in [0.717, 1.165) is 31.6 Å². The third kappa shape index (κ3) is 3.71. The molecule has 2 aromatic rings. The second kappa shape index (κ2) is 7.21. The fraction of sp³-hybridized carbons (Fsp3) is 0.278. The van der Waals surface area contributed by atoms with Crippen LogP contribution in [0.25, 0.3) is 0 Å². The van der Waals surface area contributed by atoms with E-state index >= 15 is 0 Å². The van der Waals surface area contributed by atoms with Crippen LogP contribution in [-0.4, -0.2) is 31.0 Å². The zero-order valence-electron chi connectivity index (χ0n) is 13.9. The number of nitro groups is 1. The highest BCUT2D eigenvalue weighted by Gasteiger charge is 2.22. The molecule has 1 aliphatic rings. The summed E-state index contributed by atoms with van der Waals surface area (Å²) in [6.07, 6.45) is 2.10. The Morgan fingerprint density at radius 2 is 1.84 bits per heavy atom. The van der Waals surface area contributed by atoms with E-state index in [2.05, 4.69) is 10.2 Å². The predicted octanol–water partition coefficient (Wildman–Crippen LogP) is 3.46. The molecule has 0 aliphatic carbocycles. The molecular formula is C18H19N3O4. The number of hydrogen-bond acceptors (Lipinski definition) is 5. The fourth-order valence-corrected chi connectivity index (χ4v) is 2.93. The van der Waals surface area contributed by atoms with E-state index in [-0.39, 0.29) is 11.6 Å². The highest BCUT2D eigenvalue weighted by atomic mass is 16.6. The van der Waals surface area contributed by atoms with Crippen molar-refractivity contribution in [2.24, 2.45) is 0 Å². The topological polar surface area (TPSA) is 84.7 Å². The Morgan fingerprint density at radius 1 is 1.16 bits per heavy atom. The minimum absolute atomic E-state index is 0.0946. The van der Waals surface area contributed by atoms with Gasteiger partial charge in [0.1, 0.15) is 5.75 Å². The van der Waals surface area contributed by atoms with Crippen molar-refractivity contribution in [3.05, 3.63) is 58.1 Å². The first-order valence-electron chi connectivity index (χ1n) is 8.07. The normalized spacial score (nSPS) is 13.6. The van der Waals surface area contributed by atoms with Crippen LogP contribution in [0.5, 0.6) is 5.75 Å². The van der Waals surface area contributed by atoms with Crippen LogP contribution >= 0.6 is 0 Å². The van der Waals surface area contributed by atoms with Crippen molar-refractivity contribution < 1.29 is 14.5 Å². The lowest BCUT2D eigenvalue weighted by atomic mass is 10.1. The number of carbonyl (C=O) groups excluding carboxylic acids is 1. The first kappa shape index (κ1) is 16.8. The molecule has 0 atom stereocenters. The van der Waals surface area contributed by atoms with Gasteiger partial charge in [0, 0.05) is 30.9 Å². The quantitative estimate of drug-likeness (QED) is 0.665. The third-order valence-corrected chi connectivity index (χ3v) is 4.23. The lowest BCUT2D eigenvalue weighted by molar-refractivity contribution is -0.384. The molecule has 7 heteroatoms. The van der Waals surface area contributed by atoms with Crippen LogP contribution in [0.3, 0.4) is 0 Å². The van der Waals surface area contributed by atoms with E-state index < -0.39 is 4.92 Å². The van der Waals surface area contributed by atoms with Gasteiger partial charge in [0.15, 0.2) is 0 Å². The van der Waals surface area contributed by atoms with Crippen molar-refractivity contribution in [2.75, 3.05) is 30.4 Å². The summed E-state index contributed by atoms with van der Waals surface area (Å²) in [7, 11) is 1.57. The van der Waals surface area contributed by atoms with E-state index in [4.69, 9.17) is 4.74 Å². The molecule has 1 fully saturated rings. The molecule has 0 aromatic heterocycles. The van der Waals surface area contributed by atoms with Crippen molar-refractivity contribution >= 4 is 23.0 Å². The lowest BCUT2D eigenvalue weighted by Gasteiger charge is -2.21. The molecule has 3 rings (SSSR count). The Hall–Kier alpha value is -3.09. The number of nitrogens with zero attached hydrogens (tertiary/aromatic N) is 2. The van der Waals surface area contributed by atoms with Crippen molar-refractivity contribution in [1.29, 1.82) is 0 Å². The van der Waals surface area contributed by atoms with E-state index in [1.165, 1.54) is 12.1 Å². The van der Waals surface area contributed by atoms with Gasteiger partial charge in [0.05, 0.1) is 23.3 Å². The summed E-state index contributed by atoms with van der Waals surface area (Å²) < 4.78 is 5.09. The number of benzene rings is 2. The van der Waals surface area contributed by atoms with Gasteiger partial charge >= 0.3 is 0 Å². The number of ether oxygens (including phenoxy) is 1. The zero-order chi connectivity index (χ0) is 17.8. The number of hydrogen-bond donors (Lipinski definition) is 1. The van der Waals surface area contributed by atoms with Gasteiger partial charge in [-0.05, 0) is 43.2 Å². The van der Waals surface area contributed by atoms with Crippen molar-refractivity contribution in [1.82, 2.24) is 0 Å². The smallest absolute Gasteiger partial charge is 0.270 e. The summed E-state index contributed by atoms with van der Waals surface area (Å²) in [4.78, 5) is 25.4. The molecule has 0 unspecified atom stereocenters. The summed E-state index contributed by atoms with van der Waals surface area (Å²) in [6.45, 7) is 1.70. The maximum Gasteiger partial charge on any atom is 0.270 e. The van der Waals surface area contributed by atoms with Crippen LogP contribution in [0.4, 0.5) is 17.1 Å². The van der Waals surface area contributed by atoms with E-state index in [0.29, 0.717) is 17.0 Å². The minimum Gasteiger partial charge on any atom is -0.497 e. The second-order valence-electron chi connectivity index (χ2n) is 5.84. The average molecular weight is 341 g/mol. The van der Waals surface area contributed by atoms with Crippen LogP contribution in [0.1, 0.15) is 23.2 Å². The summed E-state index contributed by atoms with van der Waals surface area (Å²) in [5, 5.41) is 13.9. The molecule has 130 valence electrons. The van der Waals surface area contributed by atoms with Gasteiger partial charge in [0.2, 0.25) is 0 Å². The standard InChI is InChI=1S/C18H19N3O4/c1-25-15-7-4-13(5-8-15)19-18(22)16-12-14(21(23)24)6-9-17(16)20-10-2-3-11-20/h4-9,12H,2-3,10-11H2,1H3,(H,19,22). The SMILES string of the molecule is COc1ccc(NC(=O)c2cc([N+](=O)[O-])ccc2N2CCCC2)cc1. The Labute approximate surface area is 145 Å². The summed E-state index contributed by atoms with van der Waals surface area (Å²) in [6, 6.07) is 11.4. The summed E-state index contributed by atoms with van der Waals surface area (Å²) >= 11 is 0. The fourth-order valence-electron chi connectivity index (χ4n) is 2.93. The molecule has 1 aliphatic heterocycles. The van der Waals surface area contributed by atoms with Crippen molar-refractivity contribution in [3.8, 4) is 5.75 Å². The number of carbonyl (C=O) groups is 1. The molecule has 1 heterocycles. The Kier molecular flexibility index (Phi) is 4.83. The number of methoxy groups -OCH3 is 1. The van der Waals surface area contributed by atoms with Crippen LogP contribution in [0.15, 0.2) is 42.5 Å². The van der Waals surface area contributed by atoms with Crippen LogP contribution in [-0.2, 0) is 0 Å². The van der Waals surface area contributed by atoms with Crippen LogP contribution in [0, 0.1) is 10.1 Å². The molecule has 2 aromatic carbocycles. The minimum atomic E-state index is -0.488. The molecule has 7 nitrogen and oxygen atoms in total. The Bertz CT molecular complexity index is 783. The largest absolute Gasteiger partial charge is 0.497 e. The number of amides is 1. The lowest BCUT2D eigenvalue weighted by Crippen LogP contribution is -2.23. The predicted molar refractivity (Wildman–Crippen MR) is 95.5 cm³/mol. The van der Waals surface area contributed by atoms with Crippen LogP contribution < -0.4 is 15.0 Å². The molecule has 1 amide bonds. The van der Waals surface area contributed by atoms with Gasteiger partial charge in [-0.2, -0.15) is 0 Å². The molecule has 1 saturated heterocycles. The van der Waals surface area contributed by atoms with Gasteiger partial charge < -0.3 is 15.0 Å². The van der Waals surface area contributed by atoms with Crippen LogP contribution in [0.2, 0.25) is 0 Å². The molecule has 0 spiro atoms. The van der Waals surface area contributed by atoms with E-state index in [1.807, 2.05) is 0 Å². The maximum atomic E-state index is 12.7. The third-order valence-electron chi connectivity index (χ3n) is 4.23. The molecule has 1 N–H and O–H groups in total. The Morgan fingerprint density at radius 3 is 2.44 bits per heavy atom. The first-order chi connectivity index (χ1) is 12.1. The first-order valence-corrected chi connectivity index (χ1v) is 8.07. The van der Waals surface area contributed by atoms with E-state index in [9.17, 15) is 14.9 Å². The van der Waals surface area contributed by atoms with Crippen molar-refractivity contribution in [2.45, 2.75) is 12.8 Å². The molecule has 25 heavy (non-hydrogen) atoms. The number of rotatable bonds is 5. The van der Waals surface area contributed by atoms with Gasteiger partial charge in [0.25, 0.3) is 11.6 Å². The highest BCUT2D eigenvalue weighted by molar-refractivity contribution is 6.08. The Balaban J connectivity index is 1.90. The molecular weight excluding hydrogens is 322 g/mol. The van der Waals surface area contributed by atoms with Gasteiger partial charge in [-0.15, -0.1) is 0 Å². The second-order valence-corrected chi connectivity index (χ2v) is 5.84. The summed E-state index contributed by atoms with van der Waals surface area (Å²) in [5.41, 5.74) is 1.55. The number of anilines is 2. The zero-order valence-corrected chi connectivity index (χ0v) is 13.9. The maximum absolute atomic E-state index is 12.7. The van der Waals surface area contributed by atoms with Gasteiger partial charge in [-0.1, -0.05) is 0 Å². The summed E-state index contributed by atoms with van der Waals surface area (Å²) in [5.74, 6) is 0.321. The van der Waals surface area contributed by atoms with Crippen molar-refractivity contribution in [3.63, 3.8) is 0 Å². The highest BCUT2D eigenvalue weighted by Crippen LogP contribution is 2.29. The monoisotopic (exact) mass is 341 g/mol.